The molecule has 3 rings (SSSR count). The number of alkyl carbamates (subject to hydrolysis) is 1. The molecule has 1 aliphatic heterocycles. The smallest absolute Gasteiger partial charge is 0.407 e. The topological polar surface area (TPSA) is 75.2 Å². The highest BCUT2D eigenvalue weighted by atomic mass is 127. The van der Waals surface area contributed by atoms with Crippen molar-refractivity contribution in [1.29, 1.82) is 0 Å². The molecule has 1 heterocycles. The number of methoxy groups -OCH3 is 1. The number of hydrogen-bond acceptors (Lipinski definition) is 4. The molecule has 7 nitrogen and oxygen atoms in total. The molecule has 2 fully saturated rings. The Labute approximate surface area is 203 Å². The first-order valence-corrected chi connectivity index (χ1v) is 10.9. The first-order chi connectivity index (χ1) is 14.2. The van der Waals surface area contributed by atoms with Crippen molar-refractivity contribution >= 4 is 36.0 Å². The molecule has 1 saturated heterocycles. The predicted octanol–water partition coefficient (Wildman–Crippen LogP) is 3.91. The van der Waals surface area contributed by atoms with Crippen molar-refractivity contribution in [2.45, 2.75) is 64.0 Å². The summed E-state index contributed by atoms with van der Waals surface area (Å²) in [6.45, 7) is 10.9. The molecule has 0 bridgehead atoms. The minimum absolute atomic E-state index is 0. The Kier molecular flexibility index (Phi) is 8.85. The van der Waals surface area contributed by atoms with E-state index in [1.165, 1.54) is 5.56 Å². The number of ether oxygens (including phenoxy) is 2. The number of nitrogens with one attached hydrogen (secondary N) is 2. The third-order valence-electron chi connectivity index (χ3n) is 5.63. The van der Waals surface area contributed by atoms with Gasteiger partial charge in [0.2, 0.25) is 0 Å². The zero-order valence-corrected chi connectivity index (χ0v) is 21.7. The average Bonchev–Trinajstić information content (AvgIpc) is 3.35. The standard InChI is InChI=1S/C23H36N4O3.HI/c1-6-24-20(27-14-11-18(15-27)26-21(28)30-22(2,3)4)25-16-23(12-13-23)17-7-9-19(29-5)10-8-17;/h7-10,18H,6,11-16H2,1-5H3,(H,24,25)(H,26,28);1H/t18-;/m1./s1. The van der Waals surface area contributed by atoms with Crippen LogP contribution < -0.4 is 15.4 Å². The van der Waals surface area contributed by atoms with E-state index in [1.54, 1.807) is 7.11 Å². The van der Waals surface area contributed by atoms with Gasteiger partial charge in [0.05, 0.1) is 19.7 Å². The van der Waals surface area contributed by atoms with Crippen LogP contribution in [0.25, 0.3) is 0 Å². The molecule has 0 radical (unpaired) electrons. The molecular weight excluding hydrogens is 507 g/mol. The van der Waals surface area contributed by atoms with Gasteiger partial charge in [-0.3, -0.25) is 4.99 Å². The van der Waals surface area contributed by atoms with E-state index < -0.39 is 5.60 Å². The summed E-state index contributed by atoms with van der Waals surface area (Å²) < 4.78 is 10.7. The number of nitrogens with zero attached hydrogens (tertiary/aromatic N) is 2. The number of halogens is 1. The Morgan fingerprint density at radius 2 is 1.94 bits per heavy atom. The summed E-state index contributed by atoms with van der Waals surface area (Å²) >= 11 is 0. The molecule has 1 amide bonds. The van der Waals surface area contributed by atoms with E-state index in [1.807, 2.05) is 32.9 Å². The molecule has 8 heteroatoms. The third-order valence-corrected chi connectivity index (χ3v) is 5.63. The summed E-state index contributed by atoms with van der Waals surface area (Å²) in [6.07, 6.45) is 2.84. The number of amides is 1. The highest BCUT2D eigenvalue weighted by molar-refractivity contribution is 14.0. The highest BCUT2D eigenvalue weighted by Gasteiger charge is 2.44. The fourth-order valence-corrected chi connectivity index (χ4v) is 3.83. The number of guanidine groups is 1. The van der Waals surface area contributed by atoms with Crippen molar-refractivity contribution in [2.24, 2.45) is 4.99 Å². The van der Waals surface area contributed by atoms with Crippen molar-refractivity contribution in [2.75, 3.05) is 33.3 Å². The second kappa shape index (κ2) is 10.7. The predicted molar refractivity (Wildman–Crippen MR) is 135 cm³/mol. The van der Waals surface area contributed by atoms with E-state index in [0.29, 0.717) is 0 Å². The molecule has 0 aromatic heterocycles. The van der Waals surface area contributed by atoms with Crippen molar-refractivity contribution in [3.05, 3.63) is 29.8 Å². The molecule has 174 valence electrons. The largest absolute Gasteiger partial charge is 0.497 e. The lowest BCUT2D eigenvalue weighted by molar-refractivity contribution is 0.0507. The van der Waals surface area contributed by atoms with Gasteiger partial charge in [-0.1, -0.05) is 12.1 Å². The first kappa shape index (κ1) is 25.5. The lowest BCUT2D eigenvalue weighted by Gasteiger charge is -2.24. The van der Waals surface area contributed by atoms with Gasteiger partial charge < -0.3 is 25.0 Å². The van der Waals surface area contributed by atoms with Crippen molar-refractivity contribution in [1.82, 2.24) is 15.5 Å². The number of benzene rings is 1. The van der Waals surface area contributed by atoms with Crippen LogP contribution in [0.4, 0.5) is 4.79 Å². The zero-order valence-electron chi connectivity index (χ0n) is 19.4. The number of likely N-dealkylation sites (tertiary alicyclic amines) is 1. The fourth-order valence-electron chi connectivity index (χ4n) is 3.83. The molecule has 1 atom stereocenters. The number of hydrogen-bond donors (Lipinski definition) is 2. The Balaban J connectivity index is 0.00000341. The van der Waals surface area contributed by atoms with Crippen LogP contribution in [0.3, 0.4) is 0 Å². The van der Waals surface area contributed by atoms with Crippen LogP contribution in [0.15, 0.2) is 29.3 Å². The molecule has 1 aromatic rings. The summed E-state index contributed by atoms with van der Waals surface area (Å²) in [6, 6.07) is 8.44. The van der Waals surface area contributed by atoms with E-state index in [-0.39, 0.29) is 41.5 Å². The molecule has 1 saturated carbocycles. The van der Waals surface area contributed by atoms with E-state index in [0.717, 1.165) is 57.2 Å². The Morgan fingerprint density at radius 3 is 2.48 bits per heavy atom. The Bertz CT molecular complexity index is 757. The molecule has 31 heavy (non-hydrogen) atoms. The summed E-state index contributed by atoms with van der Waals surface area (Å²) in [5.74, 6) is 1.80. The molecule has 0 spiro atoms. The van der Waals surface area contributed by atoms with Gasteiger partial charge in [0, 0.05) is 25.0 Å². The van der Waals surface area contributed by atoms with Gasteiger partial charge in [-0.25, -0.2) is 4.79 Å². The Morgan fingerprint density at radius 1 is 1.26 bits per heavy atom. The second-order valence-corrected chi connectivity index (χ2v) is 9.26. The number of carbonyl (C=O) groups is 1. The second-order valence-electron chi connectivity index (χ2n) is 9.26. The maximum absolute atomic E-state index is 12.1. The fraction of sp³-hybridized carbons (Fsp3) is 0.652. The molecule has 0 unspecified atom stereocenters. The van der Waals surface area contributed by atoms with Crippen molar-refractivity contribution in [3.63, 3.8) is 0 Å². The Hall–Kier alpha value is -1.71. The lowest BCUT2D eigenvalue weighted by atomic mass is 9.96. The van der Waals surface area contributed by atoms with Gasteiger partial charge in [-0.05, 0) is 64.7 Å². The van der Waals surface area contributed by atoms with Crippen LogP contribution in [-0.4, -0.2) is 61.9 Å². The SMILES string of the molecule is CCNC(=NCC1(c2ccc(OC)cc2)CC1)N1CC[C@@H](NC(=O)OC(C)(C)C)C1.I. The zero-order chi connectivity index (χ0) is 21.8. The van der Waals surface area contributed by atoms with Gasteiger partial charge >= 0.3 is 6.09 Å². The number of carbonyl (C=O) groups excluding carboxylic acids is 1. The summed E-state index contributed by atoms with van der Waals surface area (Å²) in [5.41, 5.74) is 0.980. The van der Waals surface area contributed by atoms with Crippen LogP contribution in [-0.2, 0) is 10.2 Å². The number of aliphatic imine (C=N–C) groups is 1. The molecule has 2 N–H and O–H groups in total. The first-order valence-electron chi connectivity index (χ1n) is 10.9. The minimum atomic E-state index is -0.487. The highest BCUT2D eigenvalue weighted by Crippen LogP contribution is 2.48. The average molecular weight is 544 g/mol. The molecule has 2 aliphatic rings. The van der Waals surface area contributed by atoms with Crippen molar-refractivity contribution in [3.8, 4) is 5.75 Å². The van der Waals surface area contributed by atoms with Gasteiger partial charge in [0.25, 0.3) is 0 Å². The van der Waals surface area contributed by atoms with Crippen LogP contribution in [0.5, 0.6) is 5.75 Å². The van der Waals surface area contributed by atoms with Gasteiger partial charge in [0.1, 0.15) is 11.4 Å². The molecular formula is C23H37IN4O3. The molecule has 1 aliphatic carbocycles. The summed E-state index contributed by atoms with van der Waals surface area (Å²) in [7, 11) is 1.69. The van der Waals surface area contributed by atoms with Crippen molar-refractivity contribution < 1.29 is 14.3 Å². The normalized spacial score (nSPS) is 20.0. The van der Waals surface area contributed by atoms with E-state index >= 15 is 0 Å². The minimum Gasteiger partial charge on any atom is -0.497 e. The van der Waals surface area contributed by atoms with Crippen LogP contribution in [0.1, 0.15) is 52.5 Å². The lowest BCUT2D eigenvalue weighted by Crippen LogP contribution is -2.44. The quantitative estimate of drug-likeness (QED) is 0.323. The number of rotatable bonds is 6. The van der Waals surface area contributed by atoms with Crippen LogP contribution in [0.2, 0.25) is 0 Å². The molecule has 1 aromatic carbocycles. The van der Waals surface area contributed by atoms with Crippen LogP contribution in [0, 0.1) is 0 Å². The third kappa shape index (κ3) is 7.15. The van der Waals surface area contributed by atoms with E-state index in [4.69, 9.17) is 14.5 Å². The maximum Gasteiger partial charge on any atom is 0.407 e. The van der Waals surface area contributed by atoms with Gasteiger partial charge in [-0.2, -0.15) is 0 Å². The van der Waals surface area contributed by atoms with Gasteiger partial charge in [0.15, 0.2) is 5.96 Å². The van der Waals surface area contributed by atoms with Crippen LogP contribution >= 0.6 is 24.0 Å². The van der Waals surface area contributed by atoms with E-state index in [9.17, 15) is 4.79 Å². The summed E-state index contributed by atoms with van der Waals surface area (Å²) in [4.78, 5) is 19.3. The maximum atomic E-state index is 12.1. The van der Waals surface area contributed by atoms with E-state index in [2.05, 4.69) is 34.6 Å². The summed E-state index contributed by atoms with van der Waals surface area (Å²) in [5, 5.41) is 6.40. The van der Waals surface area contributed by atoms with Gasteiger partial charge in [-0.15, -0.1) is 24.0 Å². The monoisotopic (exact) mass is 544 g/mol.